The molecule has 4 aromatic carbocycles. The van der Waals surface area contributed by atoms with Crippen molar-refractivity contribution in [1.29, 1.82) is 0 Å². The zero-order valence-electron chi connectivity index (χ0n) is 23.3. The fourth-order valence-corrected chi connectivity index (χ4v) is 5.96. The van der Waals surface area contributed by atoms with Crippen molar-refractivity contribution in [2.24, 2.45) is 0 Å². The van der Waals surface area contributed by atoms with Gasteiger partial charge in [-0.1, -0.05) is 36.4 Å². The Morgan fingerprint density at radius 1 is 0.860 bits per heavy atom. The smallest absolute Gasteiger partial charge is 0.256 e. The molecule has 7 nitrogen and oxygen atoms in total. The van der Waals surface area contributed by atoms with Crippen LogP contribution in [0.5, 0.6) is 0 Å². The number of hydrogen-bond acceptors (Lipinski definition) is 5. The largest absolute Gasteiger partial charge is 0.340 e. The summed E-state index contributed by atoms with van der Waals surface area (Å²) in [5.41, 5.74) is 4.40. The molecular formula is C34H28F2N6O. The summed E-state index contributed by atoms with van der Waals surface area (Å²) in [5.74, 6) is 0.914. The maximum absolute atomic E-state index is 14.0. The highest BCUT2D eigenvalue weighted by Gasteiger charge is 2.29. The zero-order valence-corrected chi connectivity index (χ0v) is 23.3. The van der Waals surface area contributed by atoms with Gasteiger partial charge in [0.25, 0.3) is 5.91 Å². The van der Waals surface area contributed by atoms with E-state index in [2.05, 4.69) is 19.9 Å². The number of benzene rings is 4. The molecule has 2 aromatic heterocycles. The Balaban J connectivity index is 1.12. The molecule has 1 fully saturated rings. The third-order valence-electron chi connectivity index (χ3n) is 8.04. The fraction of sp³-hybridized carbons (Fsp3) is 0.176. The number of imidazole rings is 1. The molecule has 1 amide bonds. The number of aromatic nitrogens is 4. The number of rotatable bonds is 6. The van der Waals surface area contributed by atoms with Crippen LogP contribution in [-0.4, -0.2) is 43.4 Å². The highest BCUT2D eigenvalue weighted by molar-refractivity contribution is 6.07. The van der Waals surface area contributed by atoms with Crippen molar-refractivity contribution in [3.05, 3.63) is 126 Å². The third-order valence-corrected chi connectivity index (χ3v) is 8.04. The summed E-state index contributed by atoms with van der Waals surface area (Å²) in [6.45, 7) is 1.67. The minimum atomic E-state index is -0.354. The van der Waals surface area contributed by atoms with E-state index in [9.17, 15) is 13.6 Å². The number of likely N-dealkylation sites (tertiary alicyclic amines) is 1. The number of carbonyl (C=O) groups excluding carboxylic acids is 1. The molecular weight excluding hydrogens is 546 g/mol. The quantitative estimate of drug-likeness (QED) is 0.230. The maximum atomic E-state index is 14.0. The average molecular weight is 575 g/mol. The third kappa shape index (κ3) is 5.30. The summed E-state index contributed by atoms with van der Waals surface area (Å²) in [4.78, 5) is 29.4. The molecule has 7 rings (SSSR count). The molecule has 0 unspecified atom stereocenters. The Morgan fingerprint density at radius 3 is 2.44 bits per heavy atom. The Hall–Kier alpha value is -5.18. The van der Waals surface area contributed by atoms with Crippen LogP contribution in [0.4, 0.5) is 20.3 Å². The lowest BCUT2D eigenvalue weighted by molar-refractivity contribution is 0.0712. The topological polar surface area (TPSA) is 75.9 Å². The van der Waals surface area contributed by atoms with E-state index in [1.165, 1.54) is 24.5 Å². The molecule has 0 spiro atoms. The van der Waals surface area contributed by atoms with Crippen LogP contribution in [0.3, 0.4) is 0 Å². The van der Waals surface area contributed by atoms with E-state index in [-0.39, 0.29) is 23.5 Å². The highest BCUT2D eigenvalue weighted by atomic mass is 19.1. The molecule has 1 N–H and O–H groups in total. The lowest BCUT2D eigenvalue weighted by atomic mass is 9.95. The first-order chi connectivity index (χ1) is 21.0. The molecule has 0 atom stereocenters. The van der Waals surface area contributed by atoms with Gasteiger partial charge in [0, 0.05) is 36.6 Å². The van der Waals surface area contributed by atoms with Crippen LogP contribution < -0.4 is 5.32 Å². The molecule has 9 heteroatoms. The fourth-order valence-electron chi connectivity index (χ4n) is 5.96. The van der Waals surface area contributed by atoms with Gasteiger partial charge in [0.2, 0.25) is 0 Å². The molecule has 0 radical (unpaired) electrons. The number of piperidine rings is 1. The molecule has 1 saturated heterocycles. The SMILES string of the molecule is O=C(c1cccc2c(Nc3cccc(F)c3)ncnc12)N1CCC(c2nc3ccccc3n2Cc2cccc(F)c2)CC1. The summed E-state index contributed by atoms with van der Waals surface area (Å²) >= 11 is 0. The average Bonchev–Trinajstić information content (AvgIpc) is 3.39. The molecule has 1 aliphatic rings. The predicted molar refractivity (Wildman–Crippen MR) is 162 cm³/mol. The summed E-state index contributed by atoms with van der Waals surface area (Å²) < 4.78 is 29.9. The van der Waals surface area contributed by atoms with Gasteiger partial charge in [0.15, 0.2) is 0 Å². The van der Waals surface area contributed by atoms with E-state index >= 15 is 0 Å². The van der Waals surface area contributed by atoms with Crippen LogP contribution in [0.1, 0.15) is 40.5 Å². The standard InChI is InChI=1S/C34H28F2N6O/c35-24-7-3-6-22(18-24)20-42-30-13-2-1-12-29(30)40-33(42)23-14-16-41(17-15-23)34(43)28-11-5-10-27-31(28)37-21-38-32(27)39-26-9-4-8-25(36)19-26/h1-13,18-19,21,23H,14-17,20H2,(H,37,38,39). The minimum Gasteiger partial charge on any atom is -0.340 e. The number of carbonyl (C=O) groups is 1. The highest BCUT2D eigenvalue weighted by Crippen LogP contribution is 2.33. The van der Waals surface area contributed by atoms with Crippen LogP contribution in [0.15, 0.2) is 97.3 Å². The van der Waals surface area contributed by atoms with E-state index in [1.54, 1.807) is 30.3 Å². The molecule has 0 bridgehead atoms. The number of para-hydroxylation sites is 3. The van der Waals surface area contributed by atoms with Gasteiger partial charge in [-0.3, -0.25) is 4.79 Å². The van der Waals surface area contributed by atoms with E-state index in [4.69, 9.17) is 4.98 Å². The van der Waals surface area contributed by atoms with Gasteiger partial charge in [-0.15, -0.1) is 0 Å². The van der Waals surface area contributed by atoms with Crippen molar-refractivity contribution in [1.82, 2.24) is 24.4 Å². The van der Waals surface area contributed by atoms with Crippen LogP contribution in [0.2, 0.25) is 0 Å². The number of fused-ring (bicyclic) bond motifs is 2. The number of nitrogens with zero attached hydrogens (tertiary/aromatic N) is 5. The van der Waals surface area contributed by atoms with Crippen molar-refractivity contribution < 1.29 is 13.6 Å². The molecule has 214 valence electrons. The Kier molecular flexibility index (Phi) is 6.98. The summed E-state index contributed by atoms with van der Waals surface area (Å²) in [5, 5.41) is 3.83. The second-order valence-electron chi connectivity index (χ2n) is 10.8. The molecule has 0 saturated carbocycles. The van der Waals surface area contributed by atoms with E-state index < -0.39 is 0 Å². The predicted octanol–water partition coefficient (Wildman–Crippen LogP) is 7.07. The normalized spacial score (nSPS) is 14.0. The van der Waals surface area contributed by atoms with Crippen molar-refractivity contribution in [2.45, 2.75) is 25.3 Å². The van der Waals surface area contributed by atoms with Crippen molar-refractivity contribution >= 4 is 39.3 Å². The Labute approximate surface area is 246 Å². The van der Waals surface area contributed by atoms with Crippen LogP contribution in [-0.2, 0) is 6.54 Å². The zero-order chi connectivity index (χ0) is 29.3. The number of nitrogens with one attached hydrogen (secondary N) is 1. The lowest BCUT2D eigenvalue weighted by Gasteiger charge is -2.32. The summed E-state index contributed by atoms with van der Waals surface area (Å²) in [6, 6.07) is 26.3. The number of anilines is 2. The van der Waals surface area contributed by atoms with Gasteiger partial charge in [-0.25, -0.2) is 23.7 Å². The van der Waals surface area contributed by atoms with E-state index in [0.29, 0.717) is 47.6 Å². The van der Waals surface area contributed by atoms with Gasteiger partial charge in [-0.2, -0.15) is 0 Å². The first-order valence-electron chi connectivity index (χ1n) is 14.3. The maximum Gasteiger partial charge on any atom is 0.256 e. The van der Waals surface area contributed by atoms with Gasteiger partial charge >= 0.3 is 0 Å². The van der Waals surface area contributed by atoms with Crippen molar-refractivity contribution in [3.8, 4) is 0 Å². The first kappa shape index (κ1) is 26.7. The minimum absolute atomic E-state index is 0.0901. The second kappa shape index (κ2) is 11.2. The Bertz CT molecular complexity index is 1960. The molecule has 6 aromatic rings. The number of halogens is 2. The van der Waals surface area contributed by atoms with Crippen LogP contribution in [0.25, 0.3) is 21.9 Å². The second-order valence-corrected chi connectivity index (χ2v) is 10.8. The summed E-state index contributed by atoms with van der Waals surface area (Å²) in [6.07, 6.45) is 2.92. The summed E-state index contributed by atoms with van der Waals surface area (Å²) in [7, 11) is 0. The van der Waals surface area contributed by atoms with E-state index in [1.807, 2.05) is 47.4 Å². The van der Waals surface area contributed by atoms with Gasteiger partial charge in [0.1, 0.15) is 29.6 Å². The molecule has 3 heterocycles. The van der Waals surface area contributed by atoms with Gasteiger partial charge in [0.05, 0.1) is 22.1 Å². The van der Waals surface area contributed by atoms with Gasteiger partial charge in [-0.05, 0) is 73.0 Å². The number of hydrogen-bond donors (Lipinski definition) is 1. The van der Waals surface area contributed by atoms with E-state index in [0.717, 1.165) is 35.3 Å². The lowest BCUT2D eigenvalue weighted by Crippen LogP contribution is -2.38. The van der Waals surface area contributed by atoms with Crippen molar-refractivity contribution in [2.75, 3.05) is 18.4 Å². The van der Waals surface area contributed by atoms with Crippen LogP contribution in [0, 0.1) is 11.6 Å². The van der Waals surface area contributed by atoms with Crippen LogP contribution >= 0.6 is 0 Å². The molecule has 1 aliphatic heterocycles. The first-order valence-corrected chi connectivity index (χ1v) is 14.3. The van der Waals surface area contributed by atoms with Gasteiger partial charge < -0.3 is 14.8 Å². The molecule has 43 heavy (non-hydrogen) atoms. The number of amides is 1. The molecule has 0 aliphatic carbocycles. The Morgan fingerprint density at radius 2 is 1.63 bits per heavy atom. The monoisotopic (exact) mass is 574 g/mol. The van der Waals surface area contributed by atoms with Crippen molar-refractivity contribution in [3.63, 3.8) is 0 Å².